The van der Waals surface area contributed by atoms with Crippen LogP contribution in [0.5, 0.6) is 5.75 Å². The minimum Gasteiger partial charge on any atom is -0.435 e. The number of aliphatic imine (C=N–C) groups is 1. The fraction of sp³-hybridized carbons (Fsp3) is 0.207. The molecule has 2 amide bonds. The molecule has 1 heterocycles. The molecule has 0 saturated heterocycles. The number of alkyl halides is 2. The fourth-order valence-corrected chi connectivity index (χ4v) is 4.59. The molecule has 0 aliphatic carbocycles. The number of nitrogens with zero attached hydrogens (tertiary/aromatic N) is 3. The maximum atomic E-state index is 13.4. The highest BCUT2D eigenvalue weighted by Crippen LogP contribution is 2.31. The molecule has 1 N–H and O–H groups in total. The van der Waals surface area contributed by atoms with Gasteiger partial charge in [0.2, 0.25) is 5.91 Å². The second-order valence-electron chi connectivity index (χ2n) is 8.81. The van der Waals surface area contributed by atoms with Crippen LogP contribution in [0.25, 0.3) is 6.08 Å². The molecule has 10 heteroatoms. The molecule has 0 atom stereocenters. The van der Waals surface area contributed by atoms with Crippen molar-refractivity contribution in [2.75, 3.05) is 35.0 Å². The summed E-state index contributed by atoms with van der Waals surface area (Å²) in [6.07, 6.45) is 2.57. The van der Waals surface area contributed by atoms with E-state index in [2.05, 4.69) is 22.0 Å². The Morgan fingerprint density at radius 1 is 1.05 bits per heavy atom. The first-order valence-electron chi connectivity index (χ1n) is 12.2. The van der Waals surface area contributed by atoms with Crippen LogP contribution in [0.15, 0.2) is 83.5 Å². The van der Waals surface area contributed by atoms with E-state index >= 15 is 0 Å². The summed E-state index contributed by atoms with van der Waals surface area (Å²) in [6.45, 7) is -0.900. The van der Waals surface area contributed by atoms with Crippen LogP contribution in [-0.2, 0) is 16.0 Å². The molecule has 3 aromatic carbocycles. The molecule has 0 aromatic heterocycles. The first kappa shape index (κ1) is 27.8. The first-order valence-corrected chi connectivity index (χ1v) is 13.2. The van der Waals surface area contributed by atoms with Crippen molar-refractivity contribution in [3.63, 3.8) is 0 Å². The molecule has 1 aliphatic rings. The quantitative estimate of drug-likeness (QED) is 0.329. The van der Waals surface area contributed by atoms with E-state index in [-0.39, 0.29) is 23.1 Å². The zero-order chi connectivity index (χ0) is 27.9. The van der Waals surface area contributed by atoms with Gasteiger partial charge in [0.25, 0.3) is 5.91 Å². The number of hydrogen-bond acceptors (Lipinski definition) is 6. The van der Waals surface area contributed by atoms with E-state index in [1.165, 1.54) is 29.2 Å². The van der Waals surface area contributed by atoms with E-state index in [4.69, 9.17) is 0 Å². The summed E-state index contributed by atoms with van der Waals surface area (Å²) >= 11 is 1.11. The van der Waals surface area contributed by atoms with E-state index in [1.807, 2.05) is 67.5 Å². The van der Waals surface area contributed by atoms with Gasteiger partial charge in [0.15, 0.2) is 5.17 Å². The highest BCUT2D eigenvalue weighted by molar-refractivity contribution is 8.14. The lowest BCUT2D eigenvalue weighted by Crippen LogP contribution is -2.31. The van der Waals surface area contributed by atoms with E-state index in [0.29, 0.717) is 16.5 Å². The Labute approximate surface area is 230 Å². The number of amides is 2. The number of thioether (sulfide) groups is 1. The molecule has 0 bridgehead atoms. The lowest BCUT2D eigenvalue weighted by atomic mass is 10.1. The van der Waals surface area contributed by atoms with Crippen molar-refractivity contribution in [2.45, 2.75) is 20.0 Å². The van der Waals surface area contributed by atoms with Gasteiger partial charge < -0.3 is 15.0 Å². The van der Waals surface area contributed by atoms with Crippen molar-refractivity contribution in [3.8, 4) is 5.75 Å². The van der Waals surface area contributed by atoms with Crippen LogP contribution in [0, 0.1) is 0 Å². The molecule has 39 heavy (non-hydrogen) atoms. The number of benzene rings is 3. The normalized spacial score (nSPS) is 14.1. The predicted octanol–water partition coefficient (Wildman–Crippen LogP) is 6.03. The maximum Gasteiger partial charge on any atom is 0.387 e. The van der Waals surface area contributed by atoms with Crippen LogP contribution in [-0.4, -0.2) is 43.4 Å². The Kier molecular flexibility index (Phi) is 8.98. The summed E-state index contributed by atoms with van der Waals surface area (Å²) in [5.41, 5.74) is 4.24. The third kappa shape index (κ3) is 7.23. The number of amidine groups is 1. The third-order valence-corrected chi connectivity index (χ3v) is 6.78. The fourth-order valence-electron chi connectivity index (χ4n) is 3.77. The molecular weight excluding hydrogens is 522 g/mol. The van der Waals surface area contributed by atoms with E-state index in [1.54, 1.807) is 6.08 Å². The smallest absolute Gasteiger partial charge is 0.387 e. The molecule has 1 aliphatic heterocycles. The van der Waals surface area contributed by atoms with Crippen molar-refractivity contribution in [1.82, 2.24) is 0 Å². The van der Waals surface area contributed by atoms with Gasteiger partial charge in [-0.25, -0.2) is 4.99 Å². The monoisotopic (exact) mass is 550 g/mol. The SMILES string of the molecule is CCc1ccc(NC(=O)CSC2=NC(=Cc3ccc(N(C)C)cc3)C(=O)N2c2ccc(OC(F)F)cc2)cc1. The second-order valence-corrected chi connectivity index (χ2v) is 9.75. The highest BCUT2D eigenvalue weighted by atomic mass is 32.2. The van der Waals surface area contributed by atoms with Crippen molar-refractivity contribution < 1.29 is 23.1 Å². The van der Waals surface area contributed by atoms with Gasteiger partial charge in [0, 0.05) is 25.5 Å². The second kappa shape index (κ2) is 12.6. The molecule has 4 rings (SSSR count). The number of aryl methyl sites for hydroxylation is 1. The maximum absolute atomic E-state index is 13.4. The summed E-state index contributed by atoms with van der Waals surface area (Å²) in [5.74, 6) is -0.670. The number of anilines is 3. The molecule has 3 aromatic rings. The van der Waals surface area contributed by atoms with Crippen molar-refractivity contribution >= 4 is 51.9 Å². The van der Waals surface area contributed by atoms with E-state index in [9.17, 15) is 18.4 Å². The number of nitrogens with one attached hydrogen (secondary N) is 1. The Bertz CT molecular complexity index is 1370. The number of halogens is 2. The zero-order valence-electron chi connectivity index (χ0n) is 21.7. The predicted molar refractivity (Wildman–Crippen MR) is 154 cm³/mol. The summed E-state index contributed by atoms with van der Waals surface area (Å²) in [5, 5.41) is 3.15. The summed E-state index contributed by atoms with van der Waals surface area (Å²) in [6, 6.07) is 20.9. The average molecular weight is 551 g/mol. The van der Waals surface area contributed by atoms with Crippen molar-refractivity contribution in [1.29, 1.82) is 0 Å². The standard InChI is InChI=1S/C29H28F2N4O3S/c1-4-19-5-9-21(10-6-19)32-26(36)18-39-29-33-25(17-20-7-11-22(12-8-20)34(2)3)27(37)35(29)23-13-15-24(16-14-23)38-28(30)31/h5-17,28H,4,18H2,1-3H3,(H,32,36). The van der Waals surface area contributed by atoms with Crippen LogP contribution in [0.3, 0.4) is 0 Å². The Morgan fingerprint density at radius 3 is 2.31 bits per heavy atom. The number of carbonyl (C=O) groups excluding carboxylic acids is 2. The minimum absolute atomic E-state index is 0.00946. The lowest BCUT2D eigenvalue weighted by molar-refractivity contribution is -0.114. The molecule has 0 fully saturated rings. The van der Waals surface area contributed by atoms with Gasteiger partial charge in [0.1, 0.15) is 11.4 Å². The molecular formula is C29H28F2N4O3S. The molecule has 202 valence electrons. The van der Waals surface area contributed by atoms with Crippen LogP contribution in [0.1, 0.15) is 18.1 Å². The van der Waals surface area contributed by atoms with Crippen LogP contribution in [0.4, 0.5) is 25.8 Å². The highest BCUT2D eigenvalue weighted by Gasteiger charge is 2.32. The number of ether oxygens (including phenoxy) is 1. The van der Waals surface area contributed by atoms with Crippen molar-refractivity contribution in [3.05, 3.63) is 89.6 Å². The number of hydrogen-bond donors (Lipinski definition) is 1. The van der Waals surface area contributed by atoms with Gasteiger partial charge in [-0.3, -0.25) is 14.5 Å². The molecule has 0 saturated carbocycles. The van der Waals surface area contributed by atoms with Crippen molar-refractivity contribution in [2.24, 2.45) is 4.99 Å². The Balaban J connectivity index is 1.55. The zero-order valence-corrected chi connectivity index (χ0v) is 22.5. The number of carbonyl (C=O) groups is 2. The van der Waals surface area contributed by atoms with Crippen LogP contribution >= 0.6 is 11.8 Å². The largest absolute Gasteiger partial charge is 0.435 e. The summed E-state index contributed by atoms with van der Waals surface area (Å²) in [7, 11) is 3.88. The van der Waals surface area contributed by atoms with Gasteiger partial charge >= 0.3 is 6.61 Å². The van der Waals surface area contributed by atoms with Crippen LogP contribution < -0.4 is 19.9 Å². The van der Waals surface area contributed by atoms with Crippen LogP contribution in [0.2, 0.25) is 0 Å². The average Bonchev–Trinajstić information content (AvgIpc) is 3.23. The van der Waals surface area contributed by atoms with E-state index < -0.39 is 12.5 Å². The molecule has 0 unspecified atom stereocenters. The summed E-state index contributed by atoms with van der Waals surface area (Å²) in [4.78, 5) is 33.9. The lowest BCUT2D eigenvalue weighted by Gasteiger charge is -2.18. The van der Waals surface area contributed by atoms with Gasteiger partial charge in [-0.05, 0) is 72.2 Å². The Hall–Kier alpha value is -4.18. The van der Waals surface area contributed by atoms with E-state index in [0.717, 1.165) is 35.0 Å². The topological polar surface area (TPSA) is 74.2 Å². The summed E-state index contributed by atoms with van der Waals surface area (Å²) < 4.78 is 29.6. The molecule has 0 radical (unpaired) electrons. The van der Waals surface area contributed by atoms with Gasteiger partial charge in [-0.2, -0.15) is 8.78 Å². The van der Waals surface area contributed by atoms with Gasteiger partial charge in [-0.15, -0.1) is 0 Å². The Morgan fingerprint density at radius 2 is 1.72 bits per heavy atom. The first-order chi connectivity index (χ1) is 18.7. The van der Waals surface area contributed by atoms with Gasteiger partial charge in [-0.1, -0.05) is 43.0 Å². The third-order valence-electron chi connectivity index (χ3n) is 5.84. The molecule has 7 nitrogen and oxygen atoms in total. The van der Waals surface area contributed by atoms with Gasteiger partial charge in [0.05, 0.1) is 11.4 Å². The molecule has 0 spiro atoms. The minimum atomic E-state index is -2.96. The number of rotatable bonds is 9.